The Bertz CT molecular complexity index is 472. The lowest BCUT2D eigenvalue weighted by Gasteiger charge is -2.25. The molecule has 1 aliphatic rings. The molecule has 19 heavy (non-hydrogen) atoms. The van der Waals surface area contributed by atoms with Crippen LogP contribution in [0, 0.1) is 0 Å². The van der Waals surface area contributed by atoms with Crippen LogP contribution in [0.25, 0.3) is 0 Å². The van der Waals surface area contributed by atoms with Gasteiger partial charge in [-0.3, -0.25) is 4.79 Å². The molecule has 0 aromatic carbocycles. The van der Waals surface area contributed by atoms with Crippen molar-refractivity contribution in [2.24, 2.45) is 0 Å². The predicted octanol–water partition coefficient (Wildman–Crippen LogP) is 2.81. The largest absolute Gasteiger partial charge is 0.480 e. The Morgan fingerprint density at radius 2 is 2.53 bits per heavy atom. The zero-order valence-electron chi connectivity index (χ0n) is 10.7. The molecule has 0 amide bonds. The highest BCUT2D eigenvalue weighted by Gasteiger charge is 2.45. The monoisotopic (exact) mass is 300 g/mol. The van der Waals surface area contributed by atoms with E-state index in [-0.39, 0.29) is 5.25 Å². The van der Waals surface area contributed by atoms with Gasteiger partial charge < -0.3 is 10.4 Å². The number of thioether (sulfide) groups is 1. The van der Waals surface area contributed by atoms with E-state index in [0.717, 1.165) is 11.4 Å². The van der Waals surface area contributed by atoms with E-state index >= 15 is 0 Å². The number of aliphatic carboxylic acids is 1. The van der Waals surface area contributed by atoms with Crippen LogP contribution in [-0.4, -0.2) is 33.4 Å². The molecule has 1 aromatic heterocycles. The first kappa shape index (κ1) is 14.6. The van der Waals surface area contributed by atoms with E-state index in [1.807, 2.05) is 6.92 Å². The van der Waals surface area contributed by atoms with Gasteiger partial charge in [0.25, 0.3) is 0 Å². The van der Waals surface area contributed by atoms with Crippen LogP contribution in [0.4, 0.5) is 0 Å². The Morgan fingerprint density at radius 3 is 3.16 bits per heavy atom. The Balaban J connectivity index is 2.06. The van der Waals surface area contributed by atoms with Crippen molar-refractivity contribution >= 4 is 29.3 Å². The maximum Gasteiger partial charge on any atom is 0.323 e. The van der Waals surface area contributed by atoms with Crippen LogP contribution < -0.4 is 5.32 Å². The van der Waals surface area contributed by atoms with Crippen LogP contribution in [-0.2, 0) is 4.79 Å². The Hall–Kier alpha value is -0.780. The van der Waals surface area contributed by atoms with Crippen LogP contribution in [0.1, 0.15) is 26.2 Å². The fourth-order valence-corrected chi connectivity index (χ4v) is 3.96. The van der Waals surface area contributed by atoms with Crippen molar-refractivity contribution < 1.29 is 9.90 Å². The molecule has 0 saturated heterocycles. The van der Waals surface area contributed by atoms with Gasteiger partial charge in [0.15, 0.2) is 0 Å². The number of halogens is 1. The average molecular weight is 301 g/mol. The molecule has 0 bridgehead atoms. The average Bonchev–Trinajstić information content (AvgIpc) is 2.77. The second kappa shape index (κ2) is 6.11. The van der Waals surface area contributed by atoms with Gasteiger partial charge in [-0.15, -0.1) is 11.8 Å². The van der Waals surface area contributed by atoms with Gasteiger partial charge in [0.05, 0.1) is 5.02 Å². The van der Waals surface area contributed by atoms with E-state index in [9.17, 15) is 9.90 Å². The minimum atomic E-state index is -0.784. The molecule has 0 radical (unpaired) electrons. The molecule has 104 valence electrons. The van der Waals surface area contributed by atoms with E-state index in [0.29, 0.717) is 24.4 Å². The van der Waals surface area contributed by atoms with Gasteiger partial charge in [-0.25, -0.2) is 4.98 Å². The fraction of sp³-hybridized carbons (Fsp3) is 0.538. The predicted molar refractivity (Wildman–Crippen MR) is 76.8 cm³/mol. The first-order chi connectivity index (χ1) is 9.07. The molecule has 1 aliphatic carbocycles. The fourth-order valence-electron chi connectivity index (χ4n) is 2.49. The Kier molecular flexibility index (Phi) is 4.71. The van der Waals surface area contributed by atoms with Crippen molar-refractivity contribution in [1.29, 1.82) is 0 Å². The third-order valence-electron chi connectivity index (χ3n) is 3.40. The van der Waals surface area contributed by atoms with Crippen molar-refractivity contribution in [1.82, 2.24) is 10.3 Å². The third kappa shape index (κ3) is 3.22. The zero-order valence-corrected chi connectivity index (χ0v) is 12.3. The molecule has 6 heteroatoms. The molecule has 2 rings (SSSR count). The van der Waals surface area contributed by atoms with Crippen LogP contribution in [0.15, 0.2) is 23.4 Å². The van der Waals surface area contributed by atoms with Crippen LogP contribution in [0.2, 0.25) is 5.02 Å². The smallest absolute Gasteiger partial charge is 0.323 e. The number of nitrogens with zero attached hydrogens (tertiary/aromatic N) is 1. The van der Waals surface area contributed by atoms with Gasteiger partial charge in [0.1, 0.15) is 10.6 Å². The summed E-state index contributed by atoms with van der Waals surface area (Å²) in [7, 11) is 0. The van der Waals surface area contributed by atoms with Gasteiger partial charge >= 0.3 is 5.97 Å². The first-order valence-electron chi connectivity index (χ1n) is 6.33. The van der Waals surface area contributed by atoms with Gasteiger partial charge in [-0.1, -0.05) is 18.5 Å². The number of hydrogen-bond acceptors (Lipinski definition) is 4. The quantitative estimate of drug-likeness (QED) is 0.875. The lowest BCUT2D eigenvalue weighted by Crippen LogP contribution is -2.50. The topological polar surface area (TPSA) is 62.2 Å². The summed E-state index contributed by atoms with van der Waals surface area (Å²) in [5.74, 6) is -0.760. The summed E-state index contributed by atoms with van der Waals surface area (Å²) < 4.78 is 0. The van der Waals surface area contributed by atoms with E-state index in [2.05, 4.69) is 10.3 Å². The standard InChI is InChI=1S/C13H17ClN2O2S/c1-2-16-13(12(17)18)6-5-9(8-13)19-11-10(14)4-3-7-15-11/h3-4,7,9,16H,2,5-6,8H2,1H3,(H,17,18). The van der Waals surface area contributed by atoms with E-state index in [1.165, 1.54) is 0 Å². The van der Waals surface area contributed by atoms with E-state index in [1.54, 1.807) is 30.1 Å². The second-order valence-corrected chi connectivity index (χ2v) is 6.39. The number of carboxylic acid groups (broad SMARTS) is 1. The molecular formula is C13H17ClN2O2S. The van der Waals surface area contributed by atoms with Crippen molar-refractivity contribution in [3.05, 3.63) is 23.4 Å². The third-order valence-corrected chi connectivity index (χ3v) is 5.10. The van der Waals surface area contributed by atoms with Crippen LogP contribution in [0.3, 0.4) is 0 Å². The summed E-state index contributed by atoms with van der Waals surface area (Å²) in [4.78, 5) is 15.7. The van der Waals surface area contributed by atoms with Crippen molar-refractivity contribution in [2.75, 3.05) is 6.54 Å². The maximum atomic E-state index is 11.5. The normalized spacial score (nSPS) is 26.5. The number of hydrogen-bond donors (Lipinski definition) is 2. The second-order valence-electron chi connectivity index (χ2n) is 4.69. The lowest BCUT2D eigenvalue weighted by atomic mass is 9.98. The summed E-state index contributed by atoms with van der Waals surface area (Å²) in [5.41, 5.74) is -0.784. The molecule has 2 unspecified atom stereocenters. The lowest BCUT2D eigenvalue weighted by molar-refractivity contribution is -0.144. The minimum absolute atomic E-state index is 0.238. The molecule has 1 aromatic rings. The molecule has 4 nitrogen and oxygen atoms in total. The molecule has 2 N–H and O–H groups in total. The zero-order chi connectivity index (χ0) is 13.9. The number of carboxylic acids is 1. The summed E-state index contributed by atoms with van der Waals surface area (Å²) >= 11 is 7.66. The Labute approximate surface area is 121 Å². The molecule has 0 spiro atoms. The molecule has 2 atom stereocenters. The van der Waals surface area contributed by atoms with Crippen molar-refractivity contribution in [3.8, 4) is 0 Å². The number of carbonyl (C=O) groups is 1. The number of nitrogens with one attached hydrogen (secondary N) is 1. The highest BCUT2D eigenvalue weighted by Crippen LogP contribution is 2.41. The minimum Gasteiger partial charge on any atom is -0.480 e. The first-order valence-corrected chi connectivity index (χ1v) is 7.59. The molecule has 1 heterocycles. The molecule has 0 aliphatic heterocycles. The summed E-state index contributed by atoms with van der Waals surface area (Å²) in [6.07, 6.45) is 3.82. The molecule has 1 fully saturated rings. The number of aromatic nitrogens is 1. The highest BCUT2D eigenvalue weighted by atomic mass is 35.5. The van der Waals surface area contributed by atoms with Gasteiger partial charge in [0.2, 0.25) is 0 Å². The molecule has 1 saturated carbocycles. The summed E-state index contributed by atoms with van der Waals surface area (Å²) in [5, 5.41) is 14.2. The van der Waals surface area contributed by atoms with Crippen LogP contribution >= 0.6 is 23.4 Å². The summed E-state index contributed by atoms with van der Waals surface area (Å²) in [6, 6.07) is 3.60. The number of rotatable bonds is 5. The SMILES string of the molecule is CCNC1(C(=O)O)CCC(Sc2ncccc2Cl)C1. The number of likely N-dealkylation sites (N-methyl/N-ethyl adjacent to an activating group) is 1. The molecular weight excluding hydrogens is 284 g/mol. The van der Waals surface area contributed by atoms with E-state index < -0.39 is 11.5 Å². The highest BCUT2D eigenvalue weighted by molar-refractivity contribution is 8.00. The Morgan fingerprint density at radius 1 is 1.74 bits per heavy atom. The summed E-state index contributed by atoms with van der Waals surface area (Å²) in [6.45, 7) is 2.59. The number of pyridine rings is 1. The van der Waals surface area contributed by atoms with Crippen molar-refractivity contribution in [3.63, 3.8) is 0 Å². The maximum absolute atomic E-state index is 11.5. The van der Waals surface area contributed by atoms with Gasteiger partial charge in [-0.2, -0.15) is 0 Å². The van der Waals surface area contributed by atoms with Crippen molar-refractivity contribution in [2.45, 2.75) is 42.0 Å². The van der Waals surface area contributed by atoms with Gasteiger partial charge in [0, 0.05) is 11.4 Å². The van der Waals surface area contributed by atoms with Crippen LogP contribution in [0.5, 0.6) is 0 Å². The van der Waals surface area contributed by atoms with Gasteiger partial charge in [-0.05, 0) is 37.9 Å². The van der Waals surface area contributed by atoms with E-state index in [4.69, 9.17) is 11.6 Å².